The number of aromatic nitrogens is 2. The van der Waals surface area contributed by atoms with E-state index < -0.39 is 23.0 Å². The van der Waals surface area contributed by atoms with Gasteiger partial charge in [0.25, 0.3) is 5.56 Å². The lowest BCUT2D eigenvalue weighted by Crippen LogP contribution is -2.29. The molecule has 0 saturated heterocycles. The van der Waals surface area contributed by atoms with Crippen LogP contribution in [0.15, 0.2) is 46.1 Å². The molecule has 114 valence electrons. The molecule has 1 aromatic carbocycles. The van der Waals surface area contributed by atoms with Crippen LogP contribution < -0.4 is 20.7 Å². The first-order valence-corrected chi connectivity index (χ1v) is 6.04. The maximum atomic E-state index is 13.0. The van der Waals surface area contributed by atoms with Gasteiger partial charge >= 0.3 is 11.7 Å². The molecule has 0 saturated carbocycles. The summed E-state index contributed by atoms with van der Waals surface area (Å²) in [6.07, 6.45) is 2.56. The van der Waals surface area contributed by atoms with Crippen LogP contribution in [0.1, 0.15) is 0 Å². The average molecular weight is 306 g/mol. The summed E-state index contributed by atoms with van der Waals surface area (Å²) in [5.41, 5.74) is -2.00. The number of ether oxygens (including phenoxy) is 2. The van der Waals surface area contributed by atoms with Gasteiger partial charge in [0.15, 0.2) is 0 Å². The normalized spacial score (nSPS) is 10.6. The first-order valence-electron chi connectivity index (χ1n) is 6.04. The number of H-pyrrole nitrogens is 1. The van der Waals surface area contributed by atoms with E-state index >= 15 is 0 Å². The number of benzene rings is 1. The zero-order chi connectivity index (χ0) is 16.1. The maximum absolute atomic E-state index is 13.0. The lowest BCUT2D eigenvalue weighted by molar-refractivity contribution is -0.128. The molecular weight excluding hydrogens is 295 g/mol. The second kappa shape index (κ2) is 6.53. The average Bonchev–Trinajstić information content (AvgIpc) is 2.50. The van der Waals surface area contributed by atoms with Gasteiger partial charge in [-0.2, -0.15) is 4.39 Å². The minimum absolute atomic E-state index is 0.274. The topological polar surface area (TPSA) is 90.4 Å². The Morgan fingerprint density at radius 2 is 1.86 bits per heavy atom. The number of carbonyl (C=O) groups excluding carboxylic acids is 1. The summed E-state index contributed by atoms with van der Waals surface area (Å²) in [6.45, 7) is 0. The molecule has 1 aromatic heterocycles. The Hall–Kier alpha value is -3.16. The summed E-state index contributed by atoms with van der Waals surface area (Å²) in [4.78, 5) is 35.5. The van der Waals surface area contributed by atoms with Gasteiger partial charge in [-0.15, -0.1) is 0 Å². The fraction of sp³-hybridized carbons (Fsp3) is 0.0714. The predicted octanol–water partition coefficient (Wildman–Crippen LogP) is 0.761. The summed E-state index contributed by atoms with van der Waals surface area (Å²) in [5.74, 6) is -1.04. The summed E-state index contributed by atoms with van der Waals surface area (Å²) in [6, 6.07) is 6.26. The number of halogens is 1. The smallest absolute Gasteiger partial charge is 0.337 e. The van der Waals surface area contributed by atoms with E-state index in [2.05, 4.69) is 0 Å². The molecule has 0 atom stereocenters. The number of nitrogens with zero attached hydrogens (tertiary/aromatic N) is 1. The van der Waals surface area contributed by atoms with Crippen molar-refractivity contribution in [1.82, 2.24) is 9.55 Å². The first-order chi connectivity index (χ1) is 10.5. The second-order valence-corrected chi connectivity index (χ2v) is 4.06. The van der Waals surface area contributed by atoms with Crippen molar-refractivity contribution in [3.05, 3.63) is 63.2 Å². The highest BCUT2D eigenvalue weighted by molar-refractivity contribution is 5.86. The molecule has 1 heterocycles. The summed E-state index contributed by atoms with van der Waals surface area (Å²) >= 11 is 0. The molecule has 8 heteroatoms. The Labute approximate surface area is 123 Å². The van der Waals surface area contributed by atoms with E-state index in [1.54, 1.807) is 17.1 Å². The van der Waals surface area contributed by atoms with Crippen molar-refractivity contribution in [3.8, 4) is 11.5 Å². The number of esters is 1. The molecule has 7 nitrogen and oxygen atoms in total. The number of hydrogen-bond acceptors (Lipinski definition) is 5. The molecule has 1 N–H and O–H groups in total. The van der Waals surface area contributed by atoms with Gasteiger partial charge in [-0.05, 0) is 24.3 Å². The Kier molecular flexibility index (Phi) is 4.52. The molecule has 0 spiro atoms. The van der Waals surface area contributed by atoms with Crippen LogP contribution in [0.2, 0.25) is 0 Å². The number of aromatic amines is 1. The largest absolute Gasteiger partial charge is 0.497 e. The first kappa shape index (κ1) is 15.2. The Morgan fingerprint density at radius 1 is 1.23 bits per heavy atom. The molecular formula is C14H11FN2O5. The minimum atomic E-state index is -1.15. The third-order valence-corrected chi connectivity index (χ3v) is 2.57. The molecule has 0 aliphatic heterocycles. The number of methoxy groups -OCH3 is 1. The van der Waals surface area contributed by atoms with E-state index in [1.165, 1.54) is 19.2 Å². The Bertz CT molecular complexity index is 820. The molecule has 0 amide bonds. The van der Waals surface area contributed by atoms with Crippen molar-refractivity contribution in [2.75, 3.05) is 7.11 Å². The van der Waals surface area contributed by atoms with Gasteiger partial charge in [0, 0.05) is 12.3 Å². The van der Waals surface area contributed by atoms with Crippen LogP contribution in [-0.4, -0.2) is 22.6 Å². The van der Waals surface area contributed by atoms with Gasteiger partial charge in [-0.25, -0.2) is 9.59 Å². The van der Waals surface area contributed by atoms with Crippen LogP contribution in [0.4, 0.5) is 4.39 Å². The van der Waals surface area contributed by atoms with Gasteiger partial charge in [0.2, 0.25) is 5.82 Å². The standard InChI is InChI=1S/C14H11FN2O5/c1-21-9-2-4-10(5-3-9)22-12(18)6-7-17-8-11(15)13(19)16-14(17)20/h2-8H,1H3,(H,16,19,20)/b7-6+. The SMILES string of the molecule is COc1ccc(OC(=O)/C=C/n2cc(F)c(=O)[nH]c2=O)cc1. The van der Waals surface area contributed by atoms with Crippen LogP contribution in [0.3, 0.4) is 0 Å². The molecule has 22 heavy (non-hydrogen) atoms. The van der Waals surface area contributed by atoms with Crippen LogP contribution in [0, 0.1) is 5.82 Å². The highest BCUT2D eigenvalue weighted by Crippen LogP contribution is 2.17. The van der Waals surface area contributed by atoms with Gasteiger partial charge in [0.1, 0.15) is 11.5 Å². The highest BCUT2D eigenvalue weighted by atomic mass is 19.1. The zero-order valence-electron chi connectivity index (χ0n) is 11.4. The monoisotopic (exact) mass is 306 g/mol. The molecule has 0 unspecified atom stereocenters. The minimum Gasteiger partial charge on any atom is -0.497 e. The third kappa shape index (κ3) is 3.69. The summed E-state index contributed by atoms with van der Waals surface area (Å²) in [7, 11) is 1.50. The lowest BCUT2D eigenvalue weighted by atomic mass is 10.3. The van der Waals surface area contributed by atoms with Gasteiger partial charge in [-0.1, -0.05) is 0 Å². The van der Waals surface area contributed by atoms with Crippen molar-refractivity contribution in [3.63, 3.8) is 0 Å². The molecule has 0 aliphatic rings. The number of carbonyl (C=O) groups is 1. The van der Waals surface area contributed by atoms with Crippen LogP contribution in [-0.2, 0) is 4.79 Å². The quantitative estimate of drug-likeness (QED) is 0.511. The highest BCUT2D eigenvalue weighted by Gasteiger charge is 2.03. The van der Waals surface area contributed by atoms with Crippen LogP contribution in [0.25, 0.3) is 6.20 Å². The molecule has 2 aromatic rings. The van der Waals surface area contributed by atoms with Crippen molar-refractivity contribution >= 4 is 12.2 Å². The van der Waals surface area contributed by atoms with E-state index in [4.69, 9.17) is 9.47 Å². The molecule has 0 bridgehead atoms. The Morgan fingerprint density at radius 3 is 2.50 bits per heavy atom. The fourth-order valence-electron chi connectivity index (χ4n) is 1.51. The van der Waals surface area contributed by atoms with Gasteiger partial charge < -0.3 is 9.47 Å². The van der Waals surface area contributed by atoms with E-state index in [-0.39, 0.29) is 5.75 Å². The van der Waals surface area contributed by atoms with Gasteiger partial charge in [-0.3, -0.25) is 14.3 Å². The molecule has 0 aliphatic carbocycles. The number of nitrogens with one attached hydrogen (secondary N) is 1. The maximum Gasteiger partial charge on any atom is 0.337 e. The van der Waals surface area contributed by atoms with E-state index in [0.717, 1.165) is 12.3 Å². The Balaban J connectivity index is 2.09. The number of hydrogen-bond donors (Lipinski definition) is 1. The number of rotatable bonds is 4. The van der Waals surface area contributed by atoms with E-state index in [0.29, 0.717) is 16.5 Å². The van der Waals surface area contributed by atoms with Gasteiger partial charge in [0.05, 0.1) is 13.3 Å². The van der Waals surface area contributed by atoms with Crippen LogP contribution >= 0.6 is 0 Å². The van der Waals surface area contributed by atoms with Crippen molar-refractivity contribution < 1.29 is 18.7 Å². The zero-order valence-corrected chi connectivity index (χ0v) is 11.4. The molecule has 2 rings (SSSR count). The summed E-state index contributed by atoms with van der Waals surface area (Å²) in [5, 5.41) is 0. The van der Waals surface area contributed by atoms with Crippen molar-refractivity contribution in [2.24, 2.45) is 0 Å². The summed E-state index contributed by atoms with van der Waals surface area (Å²) < 4.78 is 23.7. The predicted molar refractivity (Wildman–Crippen MR) is 75.2 cm³/mol. The van der Waals surface area contributed by atoms with Crippen LogP contribution in [0.5, 0.6) is 11.5 Å². The van der Waals surface area contributed by atoms with E-state index in [9.17, 15) is 18.8 Å². The van der Waals surface area contributed by atoms with Crippen molar-refractivity contribution in [1.29, 1.82) is 0 Å². The lowest BCUT2D eigenvalue weighted by Gasteiger charge is -2.03. The second-order valence-electron chi connectivity index (χ2n) is 4.06. The fourth-order valence-corrected chi connectivity index (χ4v) is 1.51. The van der Waals surface area contributed by atoms with Crippen molar-refractivity contribution in [2.45, 2.75) is 0 Å². The third-order valence-electron chi connectivity index (χ3n) is 2.57. The molecule has 0 fully saturated rings. The van der Waals surface area contributed by atoms with E-state index in [1.807, 2.05) is 0 Å². The molecule has 0 radical (unpaired) electrons.